The maximum Gasteiger partial charge on any atom is 0.311 e. The highest BCUT2D eigenvalue weighted by atomic mass is 19.3. The van der Waals surface area contributed by atoms with Crippen LogP contribution >= 0.6 is 0 Å². The average molecular weight is 226 g/mol. The van der Waals surface area contributed by atoms with Gasteiger partial charge in [0.25, 0.3) is 6.43 Å². The standard InChI is InChI=1S/C10H8F2N2O2/c1-16-9(15)3-8-6(4-13)2-7(5-14-8)10(11)12/h2,5,10H,3H2,1H3. The van der Waals surface area contributed by atoms with Crippen LogP contribution in [0.5, 0.6) is 0 Å². The fourth-order valence-electron chi connectivity index (χ4n) is 1.08. The van der Waals surface area contributed by atoms with Gasteiger partial charge in [0.1, 0.15) is 6.07 Å². The van der Waals surface area contributed by atoms with Gasteiger partial charge in [-0.1, -0.05) is 0 Å². The van der Waals surface area contributed by atoms with Crippen molar-refractivity contribution in [3.63, 3.8) is 0 Å². The van der Waals surface area contributed by atoms with Crippen LogP contribution in [0.4, 0.5) is 8.78 Å². The highest BCUT2D eigenvalue weighted by molar-refractivity contribution is 5.72. The molecule has 0 aromatic carbocycles. The lowest BCUT2D eigenvalue weighted by atomic mass is 10.1. The molecule has 16 heavy (non-hydrogen) atoms. The summed E-state index contributed by atoms with van der Waals surface area (Å²) in [5, 5.41) is 8.72. The molecule has 1 rings (SSSR count). The van der Waals surface area contributed by atoms with Crippen molar-refractivity contribution < 1.29 is 18.3 Å². The Balaban J connectivity index is 3.03. The van der Waals surface area contributed by atoms with Gasteiger partial charge < -0.3 is 4.74 Å². The second-order valence-electron chi connectivity index (χ2n) is 2.93. The number of rotatable bonds is 3. The summed E-state index contributed by atoms with van der Waals surface area (Å²) >= 11 is 0. The van der Waals surface area contributed by atoms with Crippen LogP contribution in [0.15, 0.2) is 12.3 Å². The van der Waals surface area contributed by atoms with E-state index in [0.29, 0.717) is 0 Å². The van der Waals surface area contributed by atoms with Crippen LogP contribution in [0.3, 0.4) is 0 Å². The number of methoxy groups -OCH3 is 1. The lowest BCUT2D eigenvalue weighted by Crippen LogP contribution is -2.08. The first kappa shape index (κ1) is 12.0. The van der Waals surface area contributed by atoms with Gasteiger partial charge in [0.15, 0.2) is 0 Å². The average Bonchev–Trinajstić information content (AvgIpc) is 2.29. The molecule has 0 spiro atoms. The predicted octanol–water partition coefficient (Wildman–Crippen LogP) is 1.61. The van der Waals surface area contributed by atoms with E-state index < -0.39 is 12.4 Å². The van der Waals surface area contributed by atoms with E-state index in [9.17, 15) is 13.6 Å². The molecule has 0 fully saturated rings. The summed E-state index contributed by atoms with van der Waals surface area (Å²) in [6.07, 6.45) is -1.95. The number of nitrogens with zero attached hydrogens (tertiary/aromatic N) is 2. The minimum Gasteiger partial charge on any atom is -0.469 e. The second-order valence-corrected chi connectivity index (χ2v) is 2.93. The van der Waals surface area contributed by atoms with Gasteiger partial charge in [-0.25, -0.2) is 8.78 Å². The van der Waals surface area contributed by atoms with Crippen molar-refractivity contribution in [3.05, 3.63) is 29.1 Å². The van der Waals surface area contributed by atoms with Gasteiger partial charge in [0.2, 0.25) is 0 Å². The van der Waals surface area contributed by atoms with E-state index in [0.717, 1.165) is 12.3 Å². The minimum absolute atomic E-state index is 0.0387. The molecule has 1 heterocycles. The van der Waals surface area contributed by atoms with Crippen LogP contribution in [-0.2, 0) is 16.0 Å². The number of carbonyl (C=O) groups is 1. The van der Waals surface area contributed by atoms with Gasteiger partial charge in [-0.15, -0.1) is 0 Å². The van der Waals surface area contributed by atoms with Crippen molar-refractivity contribution in [1.82, 2.24) is 4.98 Å². The maximum absolute atomic E-state index is 12.3. The number of ether oxygens (including phenoxy) is 1. The number of hydrogen-bond donors (Lipinski definition) is 0. The molecular weight excluding hydrogens is 218 g/mol. The highest BCUT2D eigenvalue weighted by Gasteiger charge is 2.14. The monoisotopic (exact) mass is 226 g/mol. The first-order chi connectivity index (χ1) is 7.58. The summed E-state index contributed by atoms with van der Waals surface area (Å²) in [7, 11) is 1.20. The third kappa shape index (κ3) is 2.73. The Morgan fingerprint density at radius 3 is 2.88 bits per heavy atom. The first-order valence-electron chi connectivity index (χ1n) is 4.32. The number of aromatic nitrogens is 1. The van der Waals surface area contributed by atoms with Crippen molar-refractivity contribution in [3.8, 4) is 6.07 Å². The number of hydrogen-bond acceptors (Lipinski definition) is 4. The molecule has 4 nitrogen and oxygen atoms in total. The fraction of sp³-hybridized carbons (Fsp3) is 0.300. The van der Waals surface area contributed by atoms with Crippen molar-refractivity contribution in [1.29, 1.82) is 5.26 Å². The maximum atomic E-state index is 12.3. The zero-order valence-corrected chi connectivity index (χ0v) is 8.41. The van der Waals surface area contributed by atoms with Gasteiger partial charge in [-0.3, -0.25) is 9.78 Å². The third-order valence-electron chi connectivity index (χ3n) is 1.90. The zero-order valence-electron chi connectivity index (χ0n) is 8.41. The second kappa shape index (κ2) is 5.16. The molecule has 6 heteroatoms. The lowest BCUT2D eigenvalue weighted by molar-refractivity contribution is -0.139. The predicted molar refractivity (Wildman–Crippen MR) is 49.6 cm³/mol. The Bertz CT molecular complexity index is 441. The Kier molecular flexibility index (Phi) is 3.89. The largest absolute Gasteiger partial charge is 0.469 e. The third-order valence-corrected chi connectivity index (χ3v) is 1.90. The molecule has 1 aromatic heterocycles. The Hall–Kier alpha value is -2.03. The van der Waals surface area contributed by atoms with Gasteiger partial charge in [-0.2, -0.15) is 5.26 Å². The highest BCUT2D eigenvalue weighted by Crippen LogP contribution is 2.20. The van der Waals surface area contributed by atoms with Crippen molar-refractivity contribution >= 4 is 5.97 Å². The summed E-state index contributed by atoms with van der Waals surface area (Å²) in [5.74, 6) is -0.575. The molecule has 0 saturated carbocycles. The topological polar surface area (TPSA) is 63.0 Å². The van der Waals surface area contributed by atoms with Crippen molar-refractivity contribution in [2.45, 2.75) is 12.8 Å². The summed E-state index contributed by atoms with van der Waals surface area (Å²) in [4.78, 5) is 14.6. The molecule has 0 N–H and O–H groups in total. The minimum atomic E-state index is -2.69. The summed E-state index contributed by atoms with van der Waals surface area (Å²) < 4.78 is 29.0. The Morgan fingerprint density at radius 2 is 2.38 bits per heavy atom. The molecular formula is C10H8F2N2O2. The molecule has 0 amide bonds. The Labute approximate surface area is 90.5 Å². The SMILES string of the molecule is COC(=O)Cc1ncc(C(F)F)cc1C#N. The molecule has 84 valence electrons. The van der Waals surface area contributed by atoms with E-state index in [1.165, 1.54) is 7.11 Å². The zero-order chi connectivity index (χ0) is 12.1. The molecule has 0 unspecified atom stereocenters. The fourth-order valence-corrected chi connectivity index (χ4v) is 1.08. The molecule has 0 bridgehead atoms. The lowest BCUT2D eigenvalue weighted by Gasteiger charge is -2.04. The molecule has 0 aliphatic carbocycles. The van der Waals surface area contributed by atoms with Crippen LogP contribution in [0.1, 0.15) is 23.2 Å². The van der Waals surface area contributed by atoms with Crippen LogP contribution in [0, 0.1) is 11.3 Å². The molecule has 0 saturated heterocycles. The number of alkyl halides is 2. The van der Waals surface area contributed by atoms with Gasteiger partial charge in [0.05, 0.1) is 24.8 Å². The number of nitriles is 1. The van der Waals surface area contributed by atoms with Crippen LogP contribution in [0.2, 0.25) is 0 Å². The van der Waals surface area contributed by atoms with E-state index in [1.54, 1.807) is 6.07 Å². The summed E-state index contributed by atoms with van der Waals surface area (Å²) in [5.41, 5.74) is -0.243. The number of halogens is 2. The van der Waals surface area contributed by atoms with Gasteiger partial charge >= 0.3 is 5.97 Å². The van der Waals surface area contributed by atoms with E-state index in [2.05, 4.69) is 9.72 Å². The summed E-state index contributed by atoms with van der Waals surface area (Å²) in [6, 6.07) is 2.74. The summed E-state index contributed by atoms with van der Waals surface area (Å²) in [6.45, 7) is 0. The number of esters is 1. The van der Waals surface area contributed by atoms with E-state index in [-0.39, 0.29) is 23.2 Å². The molecule has 0 aliphatic rings. The molecule has 1 aromatic rings. The van der Waals surface area contributed by atoms with E-state index in [4.69, 9.17) is 5.26 Å². The van der Waals surface area contributed by atoms with Crippen LogP contribution < -0.4 is 0 Å². The van der Waals surface area contributed by atoms with Crippen LogP contribution in [0.25, 0.3) is 0 Å². The normalized spacial score (nSPS) is 9.94. The molecule has 0 aliphatic heterocycles. The van der Waals surface area contributed by atoms with Crippen molar-refractivity contribution in [2.24, 2.45) is 0 Å². The van der Waals surface area contributed by atoms with E-state index in [1.807, 2.05) is 0 Å². The quantitative estimate of drug-likeness (QED) is 0.734. The smallest absolute Gasteiger partial charge is 0.311 e. The number of pyridine rings is 1. The van der Waals surface area contributed by atoms with Gasteiger partial charge in [0, 0.05) is 11.8 Å². The Morgan fingerprint density at radius 1 is 1.69 bits per heavy atom. The number of carbonyl (C=O) groups excluding carboxylic acids is 1. The van der Waals surface area contributed by atoms with E-state index >= 15 is 0 Å². The molecule has 0 atom stereocenters. The van der Waals surface area contributed by atoms with Crippen molar-refractivity contribution in [2.75, 3.05) is 7.11 Å². The van der Waals surface area contributed by atoms with Crippen LogP contribution in [-0.4, -0.2) is 18.1 Å². The van der Waals surface area contributed by atoms with Gasteiger partial charge in [-0.05, 0) is 6.07 Å². The molecule has 0 radical (unpaired) electrons. The first-order valence-corrected chi connectivity index (χ1v) is 4.32.